The molecule has 0 aliphatic rings. The average molecular weight is 321 g/mol. The molecular formula is C13H12Cl3NS. The summed E-state index contributed by atoms with van der Waals surface area (Å²) in [7, 11) is 0. The molecule has 0 saturated carbocycles. The fraction of sp³-hybridized carbons (Fsp3) is 0.231. The predicted octanol–water partition coefficient (Wildman–Crippen LogP) is 5.41. The lowest BCUT2D eigenvalue weighted by Gasteiger charge is -2.18. The summed E-state index contributed by atoms with van der Waals surface area (Å²) < 4.78 is 1.41. The highest BCUT2D eigenvalue weighted by Crippen LogP contribution is 2.37. The van der Waals surface area contributed by atoms with Crippen LogP contribution in [-0.4, -0.2) is 6.54 Å². The maximum Gasteiger partial charge on any atom is 0.0995 e. The molecule has 0 radical (unpaired) electrons. The van der Waals surface area contributed by atoms with E-state index in [9.17, 15) is 0 Å². The van der Waals surface area contributed by atoms with Gasteiger partial charge in [0.15, 0.2) is 0 Å². The van der Waals surface area contributed by atoms with E-state index in [0.717, 1.165) is 17.7 Å². The van der Waals surface area contributed by atoms with E-state index in [4.69, 9.17) is 34.8 Å². The Bertz CT molecular complexity index is 539. The summed E-state index contributed by atoms with van der Waals surface area (Å²) in [5.41, 5.74) is 2.08. The predicted molar refractivity (Wildman–Crippen MR) is 81.3 cm³/mol. The molecular weight excluding hydrogens is 309 g/mol. The molecule has 0 aliphatic carbocycles. The van der Waals surface area contributed by atoms with E-state index in [1.165, 1.54) is 11.3 Å². The number of halogens is 3. The zero-order chi connectivity index (χ0) is 13.1. The van der Waals surface area contributed by atoms with E-state index >= 15 is 0 Å². The molecule has 0 aliphatic heterocycles. The van der Waals surface area contributed by atoms with E-state index in [2.05, 4.69) is 12.2 Å². The van der Waals surface area contributed by atoms with Gasteiger partial charge in [-0.2, -0.15) is 0 Å². The molecule has 1 aromatic carbocycles. The summed E-state index contributed by atoms with van der Waals surface area (Å²) >= 11 is 19.7. The Morgan fingerprint density at radius 1 is 1.22 bits per heavy atom. The first-order valence-corrected chi connectivity index (χ1v) is 7.50. The third-order valence-corrected chi connectivity index (χ3v) is 4.34. The van der Waals surface area contributed by atoms with Crippen molar-refractivity contribution in [3.05, 3.63) is 55.2 Å². The van der Waals surface area contributed by atoms with Crippen LogP contribution in [0.15, 0.2) is 30.3 Å². The van der Waals surface area contributed by atoms with Gasteiger partial charge in [-0.3, -0.25) is 0 Å². The second kappa shape index (κ2) is 6.27. The minimum atomic E-state index is 0.0185. The summed E-state index contributed by atoms with van der Waals surface area (Å²) in [5.74, 6) is 0. The van der Waals surface area contributed by atoms with Crippen molar-refractivity contribution in [2.75, 3.05) is 6.54 Å². The topological polar surface area (TPSA) is 12.0 Å². The Balaban J connectivity index is 2.42. The molecule has 1 N–H and O–H groups in total. The van der Waals surface area contributed by atoms with Gasteiger partial charge in [0.1, 0.15) is 0 Å². The first-order valence-electron chi connectivity index (χ1n) is 5.55. The maximum absolute atomic E-state index is 6.23. The molecule has 2 aromatic rings. The summed E-state index contributed by atoms with van der Waals surface area (Å²) in [6, 6.07) is 9.69. The van der Waals surface area contributed by atoms with E-state index < -0.39 is 0 Å². The van der Waals surface area contributed by atoms with Crippen LogP contribution in [0.3, 0.4) is 0 Å². The Morgan fingerprint density at radius 3 is 2.56 bits per heavy atom. The molecule has 1 atom stereocenters. The molecule has 1 heterocycles. The second-order valence-electron chi connectivity index (χ2n) is 3.83. The zero-order valence-electron chi connectivity index (χ0n) is 9.71. The maximum atomic E-state index is 6.23. The highest BCUT2D eigenvalue weighted by atomic mass is 35.5. The van der Waals surface area contributed by atoms with Gasteiger partial charge in [-0.15, -0.1) is 11.3 Å². The lowest BCUT2D eigenvalue weighted by molar-refractivity contribution is 0.632. The SMILES string of the molecule is CCNC(c1cccc(Cl)c1)c1cc(Cl)sc1Cl. The number of hydrogen-bond donors (Lipinski definition) is 1. The molecule has 0 spiro atoms. The van der Waals surface area contributed by atoms with Gasteiger partial charge in [0.25, 0.3) is 0 Å². The number of benzene rings is 1. The fourth-order valence-electron chi connectivity index (χ4n) is 1.85. The van der Waals surface area contributed by atoms with Gasteiger partial charge in [0, 0.05) is 10.6 Å². The molecule has 2 rings (SSSR count). The lowest BCUT2D eigenvalue weighted by atomic mass is 10.0. The molecule has 0 bridgehead atoms. The first kappa shape index (κ1) is 14.2. The highest BCUT2D eigenvalue weighted by Gasteiger charge is 2.18. The van der Waals surface area contributed by atoms with Crippen molar-refractivity contribution in [3.8, 4) is 0 Å². The van der Waals surface area contributed by atoms with Crippen molar-refractivity contribution >= 4 is 46.1 Å². The van der Waals surface area contributed by atoms with E-state index in [-0.39, 0.29) is 6.04 Å². The first-order chi connectivity index (χ1) is 8.61. The Kier molecular flexibility index (Phi) is 4.93. The van der Waals surface area contributed by atoms with Gasteiger partial charge in [-0.05, 0) is 30.3 Å². The Hall–Kier alpha value is -0.250. The minimum Gasteiger partial charge on any atom is -0.306 e. The van der Waals surface area contributed by atoms with Crippen LogP contribution in [0.2, 0.25) is 13.7 Å². The van der Waals surface area contributed by atoms with Crippen LogP contribution in [0, 0.1) is 0 Å². The van der Waals surface area contributed by atoms with Crippen LogP contribution in [-0.2, 0) is 0 Å². The molecule has 5 heteroatoms. The van der Waals surface area contributed by atoms with Gasteiger partial charge in [-0.25, -0.2) is 0 Å². The van der Waals surface area contributed by atoms with Crippen LogP contribution >= 0.6 is 46.1 Å². The summed E-state index contributed by atoms with van der Waals surface area (Å²) in [6.45, 7) is 2.89. The standard InChI is InChI=1S/C13H12Cl3NS/c1-2-17-12(8-4-3-5-9(14)6-8)10-7-11(15)18-13(10)16/h3-7,12,17H,2H2,1H3. The number of thiophene rings is 1. The Labute approximate surface area is 126 Å². The summed E-state index contributed by atoms with van der Waals surface area (Å²) in [5, 5.41) is 4.12. The lowest BCUT2D eigenvalue weighted by Crippen LogP contribution is -2.21. The number of nitrogens with one attached hydrogen (secondary N) is 1. The van der Waals surface area contributed by atoms with Gasteiger partial charge in [0.05, 0.1) is 14.7 Å². The third kappa shape index (κ3) is 3.19. The van der Waals surface area contributed by atoms with Gasteiger partial charge in [0.2, 0.25) is 0 Å². The Morgan fingerprint density at radius 2 is 2.00 bits per heavy atom. The van der Waals surface area contributed by atoms with Crippen molar-refractivity contribution in [3.63, 3.8) is 0 Å². The van der Waals surface area contributed by atoms with Crippen LogP contribution in [0.25, 0.3) is 0 Å². The third-order valence-electron chi connectivity index (χ3n) is 2.58. The molecule has 1 nitrogen and oxygen atoms in total. The van der Waals surface area contributed by atoms with Crippen molar-refractivity contribution in [2.45, 2.75) is 13.0 Å². The van der Waals surface area contributed by atoms with Crippen molar-refractivity contribution in [1.82, 2.24) is 5.32 Å². The molecule has 1 aromatic heterocycles. The number of hydrogen-bond acceptors (Lipinski definition) is 2. The molecule has 0 fully saturated rings. The van der Waals surface area contributed by atoms with E-state index in [0.29, 0.717) is 13.7 Å². The largest absolute Gasteiger partial charge is 0.306 e. The van der Waals surface area contributed by atoms with Crippen molar-refractivity contribution < 1.29 is 0 Å². The highest BCUT2D eigenvalue weighted by molar-refractivity contribution is 7.20. The quantitative estimate of drug-likeness (QED) is 0.794. The molecule has 18 heavy (non-hydrogen) atoms. The monoisotopic (exact) mass is 319 g/mol. The average Bonchev–Trinajstić information content (AvgIpc) is 2.65. The van der Waals surface area contributed by atoms with Gasteiger partial charge in [-0.1, -0.05) is 53.9 Å². The van der Waals surface area contributed by atoms with Crippen LogP contribution < -0.4 is 5.32 Å². The molecule has 1 unspecified atom stereocenters. The molecule has 96 valence electrons. The normalized spacial score (nSPS) is 12.7. The second-order valence-corrected chi connectivity index (χ2v) is 6.55. The summed E-state index contributed by atoms with van der Waals surface area (Å²) in [4.78, 5) is 0. The van der Waals surface area contributed by atoms with E-state index in [1.807, 2.05) is 30.3 Å². The molecule has 0 saturated heterocycles. The van der Waals surface area contributed by atoms with Crippen LogP contribution in [0.4, 0.5) is 0 Å². The molecule has 0 amide bonds. The van der Waals surface area contributed by atoms with Crippen molar-refractivity contribution in [2.24, 2.45) is 0 Å². The number of rotatable bonds is 4. The van der Waals surface area contributed by atoms with Crippen LogP contribution in [0.5, 0.6) is 0 Å². The van der Waals surface area contributed by atoms with Gasteiger partial charge >= 0.3 is 0 Å². The minimum absolute atomic E-state index is 0.0185. The smallest absolute Gasteiger partial charge is 0.0995 e. The zero-order valence-corrected chi connectivity index (χ0v) is 12.8. The van der Waals surface area contributed by atoms with Crippen LogP contribution in [0.1, 0.15) is 24.1 Å². The van der Waals surface area contributed by atoms with E-state index in [1.54, 1.807) is 0 Å². The summed E-state index contributed by atoms with van der Waals surface area (Å²) in [6.07, 6.45) is 0. The fourth-order valence-corrected chi connectivity index (χ4v) is 3.58. The van der Waals surface area contributed by atoms with Gasteiger partial charge < -0.3 is 5.32 Å². The van der Waals surface area contributed by atoms with Crippen molar-refractivity contribution in [1.29, 1.82) is 0 Å².